The van der Waals surface area contributed by atoms with E-state index in [0.717, 1.165) is 29.0 Å². The van der Waals surface area contributed by atoms with E-state index in [1.165, 1.54) is 44.5 Å². The number of rotatable bonds is 5. The van der Waals surface area contributed by atoms with Crippen molar-refractivity contribution in [1.82, 2.24) is 4.98 Å². The summed E-state index contributed by atoms with van der Waals surface area (Å²) in [5.41, 5.74) is 15.2. The van der Waals surface area contributed by atoms with Gasteiger partial charge in [0.2, 0.25) is 0 Å². The van der Waals surface area contributed by atoms with Crippen LogP contribution < -0.4 is 4.90 Å². The summed E-state index contributed by atoms with van der Waals surface area (Å²) in [5.74, 6) is 0.308. The summed E-state index contributed by atoms with van der Waals surface area (Å²) in [5, 5.41) is 0. The van der Waals surface area contributed by atoms with Gasteiger partial charge in [0, 0.05) is 35.4 Å². The molecule has 204 valence electrons. The highest BCUT2D eigenvalue weighted by atomic mass is 15.1. The van der Waals surface area contributed by atoms with Crippen LogP contribution in [0.25, 0.3) is 22.3 Å². The molecule has 5 aromatic rings. The lowest BCUT2D eigenvalue weighted by Gasteiger charge is -2.29. The lowest BCUT2D eigenvalue weighted by Crippen LogP contribution is -2.11. The van der Waals surface area contributed by atoms with Gasteiger partial charge in [-0.1, -0.05) is 103 Å². The minimum Gasteiger partial charge on any atom is -0.311 e. The predicted molar refractivity (Wildman–Crippen MR) is 179 cm³/mol. The molecule has 0 spiro atoms. The molecular formula is C41H30N2. The van der Waals surface area contributed by atoms with E-state index in [1.54, 1.807) is 0 Å². The topological polar surface area (TPSA) is 16.1 Å². The Bertz CT molecular complexity index is 1960. The molecule has 0 saturated carbocycles. The van der Waals surface area contributed by atoms with E-state index in [1.807, 2.05) is 24.5 Å². The molecule has 8 rings (SSSR count). The molecule has 0 aliphatic heterocycles. The average Bonchev–Trinajstić information content (AvgIpc) is 3.38. The zero-order valence-electron chi connectivity index (χ0n) is 23.8. The van der Waals surface area contributed by atoms with Crippen molar-refractivity contribution in [1.29, 1.82) is 0 Å². The fourth-order valence-electron chi connectivity index (χ4n) is 6.69. The molecule has 0 amide bonds. The van der Waals surface area contributed by atoms with E-state index in [2.05, 4.69) is 149 Å². The molecule has 0 radical (unpaired) electrons. The summed E-state index contributed by atoms with van der Waals surface area (Å²) in [4.78, 5) is 6.48. The number of hydrogen-bond acceptors (Lipinski definition) is 2. The number of hydrogen-bond donors (Lipinski definition) is 0. The number of fused-ring (bicyclic) bond motifs is 4. The molecule has 2 nitrogen and oxygen atoms in total. The van der Waals surface area contributed by atoms with Crippen LogP contribution in [-0.2, 0) is 0 Å². The molecule has 3 aliphatic carbocycles. The van der Waals surface area contributed by atoms with Gasteiger partial charge < -0.3 is 4.90 Å². The van der Waals surface area contributed by atoms with Crippen molar-refractivity contribution in [2.24, 2.45) is 0 Å². The second kappa shape index (κ2) is 10.7. The van der Waals surface area contributed by atoms with Gasteiger partial charge in [0.05, 0.1) is 0 Å². The van der Waals surface area contributed by atoms with Crippen molar-refractivity contribution >= 4 is 28.2 Å². The first-order valence-corrected chi connectivity index (χ1v) is 14.9. The Kier molecular flexibility index (Phi) is 6.31. The number of anilines is 3. The van der Waals surface area contributed by atoms with Crippen molar-refractivity contribution in [3.8, 4) is 11.1 Å². The summed E-state index contributed by atoms with van der Waals surface area (Å²) in [6.07, 6.45) is 18.4. The molecule has 1 unspecified atom stereocenters. The third-order valence-corrected chi connectivity index (χ3v) is 8.75. The summed E-state index contributed by atoms with van der Waals surface area (Å²) >= 11 is 0. The summed E-state index contributed by atoms with van der Waals surface area (Å²) < 4.78 is 0. The Morgan fingerprint density at radius 1 is 0.581 bits per heavy atom. The van der Waals surface area contributed by atoms with Gasteiger partial charge in [-0.05, 0) is 105 Å². The lowest BCUT2D eigenvalue weighted by atomic mass is 9.74. The van der Waals surface area contributed by atoms with Crippen molar-refractivity contribution in [2.45, 2.75) is 12.3 Å². The molecule has 1 aromatic heterocycles. The number of allylic oxidation sites excluding steroid dienone is 10. The van der Waals surface area contributed by atoms with Crippen LogP contribution in [0.2, 0.25) is 0 Å². The molecule has 2 heteroatoms. The number of benzene rings is 4. The van der Waals surface area contributed by atoms with Crippen LogP contribution in [0.5, 0.6) is 0 Å². The first-order valence-electron chi connectivity index (χ1n) is 14.9. The number of nitrogens with zero attached hydrogens (tertiary/aromatic N) is 2. The molecule has 43 heavy (non-hydrogen) atoms. The van der Waals surface area contributed by atoms with Gasteiger partial charge >= 0.3 is 0 Å². The molecule has 0 N–H and O–H groups in total. The quantitative estimate of drug-likeness (QED) is 0.216. The van der Waals surface area contributed by atoms with Gasteiger partial charge in [-0.2, -0.15) is 0 Å². The Labute approximate surface area is 253 Å². The smallest absolute Gasteiger partial charge is 0.0462 e. The number of aromatic nitrogens is 1. The highest BCUT2D eigenvalue weighted by Crippen LogP contribution is 2.48. The van der Waals surface area contributed by atoms with Crippen LogP contribution in [-0.4, -0.2) is 4.98 Å². The van der Waals surface area contributed by atoms with Gasteiger partial charge in [0.25, 0.3) is 0 Å². The fraction of sp³-hybridized carbons (Fsp3) is 0.0488. The van der Waals surface area contributed by atoms with E-state index in [9.17, 15) is 0 Å². The van der Waals surface area contributed by atoms with Crippen LogP contribution in [0.4, 0.5) is 17.1 Å². The maximum absolute atomic E-state index is 4.16. The van der Waals surface area contributed by atoms with E-state index >= 15 is 0 Å². The molecular weight excluding hydrogens is 520 g/mol. The van der Waals surface area contributed by atoms with Crippen LogP contribution in [0.3, 0.4) is 0 Å². The zero-order valence-corrected chi connectivity index (χ0v) is 23.8. The molecule has 1 atom stereocenters. The van der Waals surface area contributed by atoms with Crippen molar-refractivity contribution in [3.05, 3.63) is 192 Å². The Morgan fingerprint density at radius 3 is 2.00 bits per heavy atom. The van der Waals surface area contributed by atoms with Gasteiger partial charge in [0.15, 0.2) is 0 Å². The fourth-order valence-corrected chi connectivity index (χ4v) is 6.69. The second-order valence-electron chi connectivity index (χ2n) is 11.2. The third kappa shape index (κ3) is 4.58. The highest BCUT2D eigenvalue weighted by molar-refractivity contribution is 5.90. The minimum absolute atomic E-state index is 0.308. The lowest BCUT2D eigenvalue weighted by molar-refractivity contribution is 0.912. The summed E-state index contributed by atoms with van der Waals surface area (Å²) in [6.45, 7) is 0. The highest BCUT2D eigenvalue weighted by Gasteiger charge is 2.30. The third-order valence-electron chi connectivity index (χ3n) is 8.75. The first-order chi connectivity index (χ1) is 21.3. The Hall–Kier alpha value is -5.47. The maximum Gasteiger partial charge on any atom is 0.0462 e. The normalized spacial score (nSPS) is 16.5. The van der Waals surface area contributed by atoms with Gasteiger partial charge in [-0.25, -0.2) is 0 Å². The maximum atomic E-state index is 4.16. The zero-order chi connectivity index (χ0) is 28.6. The first kappa shape index (κ1) is 25.3. The summed E-state index contributed by atoms with van der Waals surface area (Å²) in [7, 11) is 0. The second-order valence-corrected chi connectivity index (χ2v) is 11.2. The Morgan fingerprint density at radius 2 is 1.23 bits per heavy atom. The van der Waals surface area contributed by atoms with Gasteiger partial charge in [0.1, 0.15) is 0 Å². The standard InChI is InChI=1S/C41H30N2/c1-2-9-33(10-3-1)43(34-20-16-29(17-21-34)30-24-26-42-27-25-30)35-22-18-31(19-23-35)36-13-7-15-40-38-12-5-4-11-37(38)32-8-6-14-39(36)41(40)28-32/h1-27,40H,28H2. The summed E-state index contributed by atoms with van der Waals surface area (Å²) in [6, 6.07) is 41.4. The molecule has 4 aromatic carbocycles. The number of pyridine rings is 1. The van der Waals surface area contributed by atoms with Crippen LogP contribution in [0.15, 0.2) is 175 Å². The average molecular weight is 551 g/mol. The molecule has 1 heterocycles. The predicted octanol–water partition coefficient (Wildman–Crippen LogP) is 10.6. The van der Waals surface area contributed by atoms with E-state index in [4.69, 9.17) is 0 Å². The van der Waals surface area contributed by atoms with Crippen molar-refractivity contribution < 1.29 is 0 Å². The minimum atomic E-state index is 0.308. The van der Waals surface area contributed by atoms with Crippen LogP contribution in [0.1, 0.15) is 29.0 Å². The van der Waals surface area contributed by atoms with Crippen LogP contribution >= 0.6 is 0 Å². The van der Waals surface area contributed by atoms with Crippen molar-refractivity contribution in [2.75, 3.05) is 4.90 Å². The van der Waals surface area contributed by atoms with Gasteiger partial charge in [-0.3, -0.25) is 4.98 Å². The molecule has 0 saturated heterocycles. The molecule has 0 fully saturated rings. The van der Waals surface area contributed by atoms with Crippen LogP contribution in [0, 0.1) is 0 Å². The van der Waals surface area contributed by atoms with E-state index < -0.39 is 0 Å². The monoisotopic (exact) mass is 550 g/mol. The molecule has 3 aliphatic rings. The van der Waals surface area contributed by atoms with E-state index in [0.29, 0.717) is 5.92 Å². The Balaban J connectivity index is 1.16. The van der Waals surface area contributed by atoms with E-state index in [-0.39, 0.29) is 0 Å². The molecule has 2 bridgehead atoms. The number of para-hydroxylation sites is 1. The van der Waals surface area contributed by atoms with Gasteiger partial charge in [-0.15, -0.1) is 0 Å². The largest absolute Gasteiger partial charge is 0.311 e. The SMILES string of the molecule is C1=CC2=C3CC(=C1)c1ccccc1C3C=CC=C2c1ccc(N(c2ccccc2)c2ccc(-c3ccncc3)cc2)cc1. The van der Waals surface area contributed by atoms with Crippen molar-refractivity contribution in [3.63, 3.8) is 0 Å².